The van der Waals surface area contributed by atoms with Crippen molar-refractivity contribution in [3.05, 3.63) is 89.6 Å². The molecular formula is C19H17NOS. The van der Waals surface area contributed by atoms with Crippen molar-refractivity contribution in [2.45, 2.75) is 22.9 Å². The van der Waals surface area contributed by atoms with Crippen LogP contribution in [0.15, 0.2) is 82.7 Å². The molecule has 1 atom stereocenters. The van der Waals surface area contributed by atoms with Crippen molar-refractivity contribution in [1.29, 1.82) is 0 Å². The minimum absolute atomic E-state index is 0.635. The number of rotatable bonds is 4. The number of aryl methyl sites for hydroxylation is 1. The van der Waals surface area contributed by atoms with Gasteiger partial charge in [-0.05, 0) is 30.7 Å². The Morgan fingerprint density at radius 1 is 0.864 bits per heavy atom. The Balaban J connectivity index is 1.83. The van der Waals surface area contributed by atoms with Gasteiger partial charge in [0.2, 0.25) is 0 Å². The van der Waals surface area contributed by atoms with Gasteiger partial charge in [-0.1, -0.05) is 66.4 Å². The molecule has 0 radical (unpaired) electrons. The summed E-state index contributed by atoms with van der Waals surface area (Å²) in [6.07, 6.45) is -0.635. The Labute approximate surface area is 134 Å². The fourth-order valence-electron chi connectivity index (χ4n) is 2.32. The molecule has 1 aromatic heterocycles. The molecule has 0 aliphatic rings. The Hall–Kier alpha value is -2.10. The average molecular weight is 307 g/mol. The summed E-state index contributed by atoms with van der Waals surface area (Å²) in [4.78, 5) is 5.78. The Kier molecular flexibility index (Phi) is 4.56. The van der Waals surface area contributed by atoms with Gasteiger partial charge in [0.25, 0.3) is 0 Å². The third kappa shape index (κ3) is 3.38. The highest BCUT2D eigenvalue weighted by atomic mass is 32.2. The van der Waals surface area contributed by atoms with Gasteiger partial charge in [0.15, 0.2) is 0 Å². The molecule has 2 nitrogen and oxygen atoms in total. The monoisotopic (exact) mass is 307 g/mol. The van der Waals surface area contributed by atoms with Gasteiger partial charge >= 0.3 is 0 Å². The SMILES string of the molecule is Cc1nc(Sc2ccccc2)ccc1C(O)c1ccccc1. The number of benzene rings is 2. The van der Waals surface area contributed by atoms with Crippen molar-refractivity contribution in [2.24, 2.45) is 0 Å². The van der Waals surface area contributed by atoms with Crippen molar-refractivity contribution in [3.8, 4) is 0 Å². The van der Waals surface area contributed by atoms with E-state index in [9.17, 15) is 5.11 Å². The largest absolute Gasteiger partial charge is 0.384 e. The number of aliphatic hydroxyl groups is 1. The van der Waals surface area contributed by atoms with E-state index in [0.29, 0.717) is 0 Å². The van der Waals surface area contributed by atoms with Crippen LogP contribution < -0.4 is 0 Å². The van der Waals surface area contributed by atoms with Gasteiger partial charge in [-0.15, -0.1) is 0 Å². The molecule has 0 aliphatic heterocycles. The van der Waals surface area contributed by atoms with Crippen LogP contribution in [0.25, 0.3) is 0 Å². The number of hydrogen-bond acceptors (Lipinski definition) is 3. The summed E-state index contributed by atoms with van der Waals surface area (Å²) in [6.45, 7) is 1.94. The number of pyridine rings is 1. The molecule has 0 bridgehead atoms. The van der Waals surface area contributed by atoms with Gasteiger partial charge < -0.3 is 5.11 Å². The van der Waals surface area contributed by atoms with E-state index < -0.39 is 6.10 Å². The van der Waals surface area contributed by atoms with Crippen molar-refractivity contribution in [2.75, 3.05) is 0 Å². The molecule has 22 heavy (non-hydrogen) atoms. The molecular weight excluding hydrogens is 290 g/mol. The van der Waals surface area contributed by atoms with Crippen LogP contribution >= 0.6 is 11.8 Å². The molecule has 3 rings (SSSR count). The standard InChI is InChI=1S/C19H17NOS/c1-14-17(19(21)15-8-4-2-5-9-15)12-13-18(20-14)22-16-10-6-3-7-11-16/h2-13,19,21H,1H3. The lowest BCUT2D eigenvalue weighted by Crippen LogP contribution is -2.03. The van der Waals surface area contributed by atoms with Crippen LogP contribution in [0.2, 0.25) is 0 Å². The molecule has 0 fully saturated rings. The van der Waals surface area contributed by atoms with Gasteiger partial charge in [0, 0.05) is 16.2 Å². The van der Waals surface area contributed by atoms with E-state index >= 15 is 0 Å². The van der Waals surface area contributed by atoms with Crippen molar-refractivity contribution in [3.63, 3.8) is 0 Å². The van der Waals surface area contributed by atoms with E-state index in [4.69, 9.17) is 0 Å². The van der Waals surface area contributed by atoms with Crippen LogP contribution in [0.3, 0.4) is 0 Å². The Bertz CT molecular complexity index is 744. The summed E-state index contributed by atoms with van der Waals surface area (Å²) in [5, 5.41) is 11.4. The molecule has 3 heteroatoms. The van der Waals surface area contributed by atoms with Crippen LogP contribution in [-0.4, -0.2) is 10.1 Å². The molecule has 1 unspecified atom stereocenters. The van der Waals surface area contributed by atoms with E-state index in [1.807, 2.05) is 67.6 Å². The maximum absolute atomic E-state index is 10.5. The maximum Gasteiger partial charge on any atom is 0.106 e. The number of aromatic nitrogens is 1. The first-order valence-corrected chi connectivity index (χ1v) is 7.99. The Morgan fingerprint density at radius 2 is 1.50 bits per heavy atom. The third-order valence-corrected chi connectivity index (χ3v) is 4.42. The van der Waals surface area contributed by atoms with E-state index in [-0.39, 0.29) is 0 Å². The average Bonchev–Trinajstić information content (AvgIpc) is 2.56. The Morgan fingerprint density at radius 3 is 2.14 bits per heavy atom. The molecule has 0 aliphatic carbocycles. The number of nitrogens with zero attached hydrogens (tertiary/aromatic N) is 1. The van der Waals surface area contributed by atoms with Crippen LogP contribution in [-0.2, 0) is 0 Å². The zero-order valence-electron chi connectivity index (χ0n) is 12.3. The fourth-order valence-corrected chi connectivity index (χ4v) is 3.17. The molecule has 3 aromatic rings. The second-order valence-corrected chi connectivity index (χ2v) is 6.15. The van der Waals surface area contributed by atoms with Crippen molar-refractivity contribution >= 4 is 11.8 Å². The van der Waals surface area contributed by atoms with Crippen molar-refractivity contribution in [1.82, 2.24) is 4.98 Å². The van der Waals surface area contributed by atoms with Crippen LogP contribution in [0, 0.1) is 6.92 Å². The summed E-state index contributed by atoms with van der Waals surface area (Å²) in [6, 6.07) is 23.8. The lowest BCUT2D eigenvalue weighted by molar-refractivity contribution is 0.219. The van der Waals surface area contributed by atoms with Gasteiger partial charge in [-0.25, -0.2) is 4.98 Å². The van der Waals surface area contributed by atoms with E-state index in [0.717, 1.165) is 26.7 Å². The van der Waals surface area contributed by atoms with E-state index in [1.165, 1.54) is 0 Å². The second kappa shape index (κ2) is 6.77. The number of hydrogen-bond donors (Lipinski definition) is 1. The molecule has 0 spiro atoms. The van der Waals surface area contributed by atoms with Crippen LogP contribution in [0.4, 0.5) is 0 Å². The third-order valence-electron chi connectivity index (χ3n) is 3.48. The minimum atomic E-state index is -0.635. The van der Waals surface area contributed by atoms with E-state index in [2.05, 4.69) is 17.1 Å². The highest BCUT2D eigenvalue weighted by Crippen LogP contribution is 2.29. The smallest absolute Gasteiger partial charge is 0.106 e. The summed E-state index contributed by atoms with van der Waals surface area (Å²) in [5.74, 6) is 0. The normalized spacial score (nSPS) is 12.1. The summed E-state index contributed by atoms with van der Waals surface area (Å²) in [7, 11) is 0. The molecule has 1 heterocycles. The van der Waals surface area contributed by atoms with Gasteiger partial charge in [0.1, 0.15) is 11.1 Å². The molecule has 2 aromatic carbocycles. The molecule has 0 amide bonds. The van der Waals surface area contributed by atoms with Crippen LogP contribution in [0.5, 0.6) is 0 Å². The van der Waals surface area contributed by atoms with Crippen LogP contribution in [0.1, 0.15) is 22.9 Å². The molecule has 0 saturated heterocycles. The predicted molar refractivity (Wildman–Crippen MR) is 90.0 cm³/mol. The first kappa shape index (κ1) is 14.8. The highest BCUT2D eigenvalue weighted by Gasteiger charge is 2.14. The zero-order valence-corrected chi connectivity index (χ0v) is 13.1. The van der Waals surface area contributed by atoms with Crippen molar-refractivity contribution < 1.29 is 5.11 Å². The van der Waals surface area contributed by atoms with Gasteiger partial charge in [-0.2, -0.15) is 0 Å². The topological polar surface area (TPSA) is 33.1 Å². The van der Waals surface area contributed by atoms with Gasteiger partial charge in [0.05, 0.1) is 0 Å². The predicted octanol–water partition coefficient (Wildman–Crippen LogP) is 4.62. The van der Waals surface area contributed by atoms with Gasteiger partial charge in [-0.3, -0.25) is 0 Å². The lowest BCUT2D eigenvalue weighted by atomic mass is 10.0. The first-order valence-electron chi connectivity index (χ1n) is 7.17. The fraction of sp³-hybridized carbons (Fsp3) is 0.105. The molecule has 110 valence electrons. The summed E-state index contributed by atoms with van der Waals surface area (Å²) in [5.41, 5.74) is 2.59. The van der Waals surface area contributed by atoms with E-state index in [1.54, 1.807) is 11.8 Å². The highest BCUT2D eigenvalue weighted by molar-refractivity contribution is 7.99. The zero-order chi connectivity index (χ0) is 15.4. The second-order valence-electron chi connectivity index (χ2n) is 5.05. The molecule has 0 saturated carbocycles. The maximum atomic E-state index is 10.5. The minimum Gasteiger partial charge on any atom is -0.384 e. The quantitative estimate of drug-likeness (QED) is 0.763. The molecule has 1 N–H and O–H groups in total. The first-order chi connectivity index (χ1) is 10.7. The summed E-state index contributed by atoms with van der Waals surface area (Å²) < 4.78 is 0. The number of aliphatic hydroxyl groups excluding tert-OH is 1. The lowest BCUT2D eigenvalue weighted by Gasteiger charge is -2.14. The summed E-state index contributed by atoms with van der Waals surface area (Å²) >= 11 is 1.63.